The summed E-state index contributed by atoms with van der Waals surface area (Å²) in [5.74, 6) is 0.305. The molecular formula is C15H18N4O2. The second-order valence-corrected chi connectivity index (χ2v) is 5.59. The molecule has 21 heavy (non-hydrogen) atoms. The number of benzene rings is 1. The highest BCUT2D eigenvalue weighted by Gasteiger charge is 2.37. The molecule has 1 saturated carbocycles. The van der Waals surface area contributed by atoms with E-state index in [2.05, 4.69) is 15.5 Å². The summed E-state index contributed by atoms with van der Waals surface area (Å²) in [6, 6.07) is 5.62. The summed E-state index contributed by atoms with van der Waals surface area (Å²) in [4.78, 5) is 12.4. The van der Waals surface area contributed by atoms with Crippen LogP contribution in [-0.2, 0) is 4.79 Å². The van der Waals surface area contributed by atoms with E-state index in [1.54, 1.807) is 0 Å². The minimum absolute atomic E-state index is 0.120. The monoisotopic (exact) mass is 286 g/mol. The molecule has 6 nitrogen and oxygen atoms in total. The van der Waals surface area contributed by atoms with Crippen LogP contribution in [-0.4, -0.2) is 21.6 Å². The minimum atomic E-state index is -0.743. The van der Waals surface area contributed by atoms with Crippen molar-refractivity contribution in [3.05, 3.63) is 30.2 Å². The fraction of sp³-hybridized carbons (Fsp3) is 0.400. The summed E-state index contributed by atoms with van der Waals surface area (Å²) in [5.41, 5.74) is 7.90. The molecule has 110 valence electrons. The molecule has 0 aliphatic heterocycles. The molecule has 1 aliphatic carbocycles. The number of anilines is 1. The van der Waals surface area contributed by atoms with Crippen molar-refractivity contribution in [2.45, 2.75) is 38.1 Å². The Balaban J connectivity index is 1.85. The number of nitrogens with zero attached hydrogens (tertiary/aromatic N) is 2. The lowest BCUT2D eigenvalue weighted by Crippen LogP contribution is -2.48. The summed E-state index contributed by atoms with van der Waals surface area (Å²) in [7, 11) is 0. The molecule has 3 N–H and O–H groups in total. The normalized spacial score (nSPS) is 16.9. The zero-order valence-corrected chi connectivity index (χ0v) is 11.9. The maximum Gasteiger partial charge on any atom is 0.247 e. The zero-order valence-electron chi connectivity index (χ0n) is 11.9. The van der Waals surface area contributed by atoms with E-state index in [-0.39, 0.29) is 5.91 Å². The van der Waals surface area contributed by atoms with Crippen LogP contribution in [0.15, 0.2) is 29.0 Å². The van der Waals surface area contributed by atoms with Crippen LogP contribution in [0.5, 0.6) is 0 Å². The molecule has 1 aromatic carbocycles. The van der Waals surface area contributed by atoms with Crippen LogP contribution < -0.4 is 11.1 Å². The fourth-order valence-corrected chi connectivity index (χ4v) is 2.67. The van der Waals surface area contributed by atoms with Crippen molar-refractivity contribution in [2.24, 2.45) is 5.73 Å². The number of hydrogen-bond donors (Lipinski definition) is 2. The maximum absolute atomic E-state index is 12.4. The molecule has 1 aromatic heterocycles. The molecule has 2 aromatic rings. The summed E-state index contributed by atoms with van der Waals surface area (Å²) in [6.07, 6.45) is 4.76. The topological polar surface area (TPSA) is 94.0 Å². The lowest BCUT2D eigenvalue weighted by Gasteiger charge is -2.23. The van der Waals surface area contributed by atoms with Gasteiger partial charge in [-0.1, -0.05) is 18.9 Å². The second-order valence-electron chi connectivity index (χ2n) is 5.59. The van der Waals surface area contributed by atoms with Crippen molar-refractivity contribution in [2.75, 3.05) is 5.32 Å². The quantitative estimate of drug-likeness (QED) is 0.902. The highest BCUT2D eigenvalue weighted by Crippen LogP contribution is 2.30. The Morgan fingerprint density at radius 3 is 2.81 bits per heavy atom. The van der Waals surface area contributed by atoms with E-state index in [1.807, 2.05) is 25.1 Å². The highest BCUT2D eigenvalue weighted by molar-refractivity contribution is 5.99. The molecule has 3 rings (SSSR count). The lowest BCUT2D eigenvalue weighted by atomic mass is 9.97. The Hall–Kier alpha value is -2.21. The Morgan fingerprint density at radius 1 is 1.38 bits per heavy atom. The van der Waals surface area contributed by atoms with Gasteiger partial charge in [-0.3, -0.25) is 4.79 Å². The van der Waals surface area contributed by atoms with Crippen molar-refractivity contribution in [3.8, 4) is 11.5 Å². The summed E-state index contributed by atoms with van der Waals surface area (Å²) in [6.45, 7) is 1.94. The van der Waals surface area contributed by atoms with Gasteiger partial charge in [0.15, 0.2) is 0 Å². The molecule has 1 fully saturated rings. The predicted molar refractivity (Wildman–Crippen MR) is 78.5 cm³/mol. The molecule has 1 amide bonds. The fourth-order valence-electron chi connectivity index (χ4n) is 2.67. The predicted octanol–water partition coefficient (Wildman–Crippen LogP) is 2.26. The first-order chi connectivity index (χ1) is 10.1. The van der Waals surface area contributed by atoms with Gasteiger partial charge in [-0.2, -0.15) is 0 Å². The molecule has 0 unspecified atom stereocenters. The smallest absolute Gasteiger partial charge is 0.247 e. The highest BCUT2D eigenvalue weighted by atomic mass is 16.4. The van der Waals surface area contributed by atoms with Gasteiger partial charge in [-0.15, -0.1) is 10.2 Å². The maximum atomic E-state index is 12.4. The third-order valence-corrected chi connectivity index (χ3v) is 4.04. The van der Waals surface area contributed by atoms with Crippen LogP contribution >= 0.6 is 0 Å². The van der Waals surface area contributed by atoms with Crippen molar-refractivity contribution >= 4 is 11.6 Å². The van der Waals surface area contributed by atoms with E-state index in [4.69, 9.17) is 10.2 Å². The molecule has 0 atom stereocenters. The average molecular weight is 286 g/mol. The number of nitrogens with two attached hydrogens (primary N) is 1. The molecule has 6 heteroatoms. The SMILES string of the molecule is Cc1ccc(-c2nnco2)cc1NC(=O)C1(N)CCCC1. The number of carbonyl (C=O) groups excluding carboxylic acids is 1. The van der Waals surface area contributed by atoms with E-state index in [0.29, 0.717) is 5.89 Å². The van der Waals surface area contributed by atoms with Gasteiger partial charge in [0.2, 0.25) is 18.2 Å². The third-order valence-electron chi connectivity index (χ3n) is 4.04. The van der Waals surface area contributed by atoms with E-state index in [1.165, 1.54) is 6.39 Å². The Morgan fingerprint density at radius 2 is 2.14 bits per heavy atom. The minimum Gasteiger partial charge on any atom is -0.423 e. The lowest BCUT2D eigenvalue weighted by molar-refractivity contribution is -0.121. The summed E-state index contributed by atoms with van der Waals surface area (Å²) in [5, 5.41) is 10.5. The Kier molecular flexibility index (Phi) is 3.47. The van der Waals surface area contributed by atoms with Crippen LogP contribution in [0.4, 0.5) is 5.69 Å². The van der Waals surface area contributed by atoms with Crippen molar-refractivity contribution in [1.82, 2.24) is 10.2 Å². The van der Waals surface area contributed by atoms with Crippen LogP contribution in [0, 0.1) is 6.92 Å². The van der Waals surface area contributed by atoms with Gasteiger partial charge in [0.1, 0.15) is 0 Å². The van der Waals surface area contributed by atoms with Gasteiger partial charge in [-0.05, 0) is 37.5 Å². The van der Waals surface area contributed by atoms with E-state index >= 15 is 0 Å². The number of aryl methyl sites for hydroxylation is 1. The van der Waals surface area contributed by atoms with Crippen LogP contribution in [0.2, 0.25) is 0 Å². The van der Waals surface area contributed by atoms with Crippen LogP contribution in [0.1, 0.15) is 31.2 Å². The number of amides is 1. The van der Waals surface area contributed by atoms with E-state index < -0.39 is 5.54 Å². The van der Waals surface area contributed by atoms with E-state index in [9.17, 15) is 4.79 Å². The molecule has 1 heterocycles. The van der Waals surface area contributed by atoms with Crippen molar-refractivity contribution < 1.29 is 9.21 Å². The Bertz CT molecular complexity index is 646. The molecule has 0 bridgehead atoms. The Labute approximate surface area is 122 Å². The third kappa shape index (κ3) is 2.67. The molecule has 0 radical (unpaired) electrons. The molecule has 0 saturated heterocycles. The van der Waals surface area contributed by atoms with Gasteiger partial charge in [0.05, 0.1) is 5.54 Å². The average Bonchev–Trinajstić information content (AvgIpc) is 3.13. The van der Waals surface area contributed by atoms with E-state index in [0.717, 1.165) is 42.5 Å². The second kappa shape index (κ2) is 5.29. The first-order valence-electron chi connectivity index (χ1n) is 7.06. The summed E-state index contributed by atoms with van der Waals surface area (Å²) >= 11 is 0. The number of aromatic nitrogens is 2. The number of nitrogens with one attached hydrogen (secondary N) is 1. The molecule has 0 spiro atoms. The van der Waals surface area contributed by atoms with Crippen LogP contribution in [0.25, 0.3) is 11.5 Å². The van der Waals surface area contributed by atoms with Gasteiger partial charge in [0.25, 0.3) is 0 Å². The van der Waals surface area contributed by atoms with Gasteiger partial charge in [0, 0.05) is 11.3 Å². The number of carbonyl (C=O) groups is 1. The van der Waals surface area contributed by atoms with Crippen LogP contribution in [0.3, 0.4) is 0 Å². The summed E-state index contributed by atoms with van der Waals surface area (Å²) < 4.78 is 5.18. The molecule has 1 aliphatic rings. The van der Waals surface area contributed by atoms with Crippen molar-refractivity contribution in [3.63, 3.8) is 0 Å². The number of rotatable bonds is 3. The van der Waals surface area contributed by atoms with Gasteiger partial charge >= 0.3 is 0 Å². The standard InChI is InChI=1S/C15H18N4O2/c1-10-4-5-11(13-19-17-9-21-13)8-12(10)18-14(20)15(16)6-2-3-7-15/h4-5,8-9H,2-3,6-7,16H2,1H3,(H,18,20). The van der Waals surface area contributed by atoms with Gasteiger partial charge < -0.3 is 15.5 Å². The zero-order chi connectivity index (χ0) is 14.9. The largest absolute Gasteiger partial charge is 0.423 e. The molecular weight excluding hydrogens is 268 g/mol. The van der Waals surface area contributed by atoms with Gasteiger partial charge in [-0.25, -0.2) is 0 Å². The number of hydrogen-bond acceptors (Lipinski definition) is 5. The first kappa shape index (κ1) is 13.8. The first-order valence-corrected chi connectivity index (χ1v) is 7.06. The van der Waals surface area contributed by atoms with Crippen molar-refractivity contribution in [1.29, 1.82) is 0 Å².